The van der Waals surface area contributed by atoms with E-state index in [4.69, 9.17) is 7.05 Å². The summed E-state index contributed by atoms with van der Waals surface area (Å²) < 4.78 is 0. The molecule has 0 amide bonds. The Bertz CT molecular complexity index is 112. The standard InChI is InChI=1S/C8H14N2/c1-9-4-6-10(7-5-9)8-2-3-8/h1,8H,2-7H2. The van der Waals surface area contributed by atoms with Crippen molar-refractivity contribution in [2.24, 2.45) is 0 Å². The molecule has 2 heteroatoms. The van der Waals surface area contributed by atoms with Crippen molar-refractivity contribution in [3.63, 3.8) is 0 Å². The van der Waals surface area contributed by atoms with Crippen molar-refractivity contribution < 1.29 is 0 Å². The van der Waals surface area contributed by atoms with Crippen LogP contribution in [0.4, 0.5) is 0 Å². The molecular weight excluding hydrogens is 124 g/mol. The van der Waals surface area contributed by atoms with Crippen LogP contribution in [-0.2, 0) is 0 Å². The highest BCUT2D eigenvalue weighted by Crippen LogP contribution is 2.27. The Morgan fingerprint density at radius 2 is 1.60 bits per heavy atom. The number of rotatable bonds is 1. The first kappa shape index (κ1) is 6.62. The Morgan fingerprint density at radius 1 is 1.00 bits per heavy atom. The van der Waals surface area contributed by atoms with E-state index < -0.39 is 0 Å². The van der Waals surface area contributed by atoms with Crippen LogP contribution in [0.5, 0.6) is 0 Å². The molecule has 0 bridgehead atoms. The predicted molar refractivity (Wildman–Crippen MR) is 40.5 cm³/mol. The summed E-state index contributed by atoms with van der Waals surface area (Å²) in [6, 6.07) is 0.925. The molecule has 0 aromatic rings. The fourth-order valence-corrected chi connectivity index (χ4v) is 1.54. The molecule has 2 rings (SSSR count). The van der Waals surface area contributed by atoms with Crippen molar-refractivity contribution in [2.45, 2.75) is 18.9 Å². The van der Waals surface area contributed by atoms with Gasteiger partial charge >= 0.3 is 0 Å². The maximum Gasteiger partial charge on any atom is 0.0439 e. The Hall–Kier alpha value is -0.0800. The number of hydrogen-bond acceptors (Lipinski definition) is 2. The van der Waals surface area contributed by atoms with Gasteiger partial charge in [-0.05, 0) is 12.8 Å². The number of nitrogens with zero attached hydrogens (tertiary/aromatic N) is 2. The van der Waals surface area contributed by atoms with Crippen LogP contribution in [0.15, 0.2) is 0 Å². The molecular formula is C8H14N2. The number of piperazine rings is 1. The fraction of sp³-hybridized carbons (Fsp3) is 0.875. The molecule has 2 radical (unpaired) electrons. The van der Waals surface area contributed by atoms with E-state index in [0.29, 0.717) is 0 Å². The Kier molecular flexibility index (Phi) is 1.66. The highest BCUT2D eigenvalue weighted by Gasteiger charge is 2.30. The van der Waals surface area contributed by atoms with Crippen molar-refractivity contribution in [1.29, 1.82) is 0 Å². The molecule has 2 aliphatic rings. The van der Waals surface area contributed by atoms with E-state index in [1.165, 1.54) is 25.9 Å². The molecule has 2 nitrogen and oxygen atoms in total. The summed E-state index contributed by atoms with van der Waals surface area (Å²) in [4.78, 5) is 4.47. The molecule has 0 N–H and O–H groups in total. The monoisotopic (exact) mass is 138 g/mol. The van der Waals surface area contributed by atoms with E-state index >= 15 is 0 Å². The van der Waals surface area contributed by atoms with Gasteiger partial charge in [0, 0.05) is 39.3 Å². The van der Waals surface area contributed by atoms with E-state index in [0.717, 1.165) is 19.1 Å². The molecule has 0 aromatic carbocycles. The lowest BCUT2D eigenvalue weighted by Gasteiger charge is -2.31. The lowest BCUT2D eigenvalue weighted by molar-refractivity contribution is 0.159. The summed E-state index contributed by atoms with van der Waals surface area (Å²) in [5.41, 5.74) is 0. The minimum absolute atomic E-state index is 0.925. The summed E-state index contributed by atoms with van der Waals surface area (Å²) in [7, 11) is 5.62. The van der Waals surface area contributed by atoms with Crippen LogP contribution in [0.25, 0.3) is 0 Å². The Morgan fingerprint density at radius 3 is 2.10 bits per heavy atom. The van der Waals surface area contributed by atoms with Crippen molar-refractivity contribution in [3.8, 4) is 0 Å². The molecule has 1 heterocycles. The maximum atomic E-state index is 5.62. The van der Waals surface area contributed by atoms with Crippen LogP contribution < -0.4 is 0 Å². The molecule has 0 atom stereocenters. The largest absolute Gasteiger partial charge is 0.298 e. The van der Waals surface area contributed by atoms with Gasteiger partial charge in [-0.2, -0.15) is 0 Å². The zero-order valence-corrected chi connectivity index (χ0v) is 6.29. The van der Waals surface area contributed by atoms with Gasteiger partial charge < -0.3 is 0 Å². The van der Waals surface area contributed by atoms with E-state index in [1.54, 1.807) is 0 Å². The minimum atomic E-state index is 0.925. The van der Waals surface area contributed by atoms with E-state index in [2.05, 4.69) is 4.90 Å². The van der Waals surface area contributed by atoms with Gasteiger partial charge in [0.05, 0.1) is 0 Å². The molecule has 1 aliphatic carbocycles. The molecule has 56 valence electrons. The predicted octanol–water partition coefficient (Wildman–Crippen LogP) is 0.435. The first-order chi connectivity index (χ1) is 4.86. The zero-order valence-electron chi connectivity index (χ0n) is 6.29. The molecule has 10 heavy (non-hydrogen) atoms. The summed E-state index contributed by atoms with van der Waals surface area (Å²) in [5.74, 6) is 0. The lowest BCUT2D eigenvalue weighted by atomic mass is 10.3. The molecule has 1 saturated heterocycles. The second-order valence-corrected chi connectivity index (χ2v) is 3.30. The summed E-state index contributed by atoms with van der Waals surface area (Å²) in [6.45, 7) is 4.47. The van der Waals surface area contributed by atoms with Gasteiger partial charge in [0.15, 0.2) is 0 Å². The van der Waals surface area contributed by atoms with Gasteiger partial charge in [-0.25, -0.2) is 0 Å². The van der Waals surface area contributed by atoms with Crippen molar-refractivity contribution in [1.82, 2.24) is 9.80 Å². The topological polar surface area (TPSA) is 6.48 Å². The normalized spacial score (nSPS) is 30.9. The summed E-state index contributed by atoms with van der Waals surface area (Å²) >= 11 is 0. The van der Waals surface area contributed by atoms with Crippen LogP contribution >= 0.6 is 0 Å². The second kappa shape index (κ2) is 2.51. The van der Waals surface area contributed by atoms with Crippen LogP contribution in [0, 0.1) is 7.05 Å². The first-order valence-corrected chi connectivity index (χ1v) is 4.10. The number of hydrogen-bond donors (Lipinski definition) is 0. The smallest absolute Gasteiger partial charge is 0.0439 e. The van der Waals surface area contributed by atoms with Gasteiger partial charge in [0.1, 0.15) is 0 Å². The summed E-state index contributed by atoms with van der Waals surface area (Å²) in [6.07, 6.45) is 2.84. The molecule has 0 aromatic heterocycles. The molecule has 2 fully saturated rings. The average Bonchev–Trinajstić information content (AvgIpc) is 2.71. The highest BCUT2D eigenvalue weighted by atomic mass is 15.3. The SMILES string of the molecule is [CH]N1CCN(C2CC2)CC1. The Balaban J connectivity index is 1.79. The van der Waals surface area contributed by atoms with Gasteiger partial charge in [-0.1, -0.05) is 0 Å². The summed E-state index contributed by atoms with van der Waals surface area (Å²) in [5, 5.41) is 0. The van der Waals surface area contributed by atoms with E-state index in [9.17, 15) is 0 Å². The van der Waals surface area contributed by atoms with E-state index in [-0.39, 0.29) is 0 Å². The van der Waals surface area contributed by atoms with Gasteiger partial charge in [0.2, 0.25) is 0 Å². The molecule has 0 spiro atoms. The lowest BCUT2D eigenvalue weighted by Crippen LogP contribution is -2.44. The van der Waals surface area contributed by atoms with Crippen LogP contribution in [-0.4, -0.2) is 42.0 Å². The second-order valence-electron chi connectivity index (χ2n) is 3.30. The Labute approximate surface area is 62.8 Å². The third kappa shape index (κ3) is 1.32. The molecule has 0 unspecified atom stereocenters. The van der Waals surface area contributed by atoms with Crippen LogP contribution in [0.2, 0.25) is 0 Å². The van der Waals surface area contributed by atoms with E-state index in [1.807, 2.05) is 4.90 Å². The fourth-order valence-electron chi connectivity index (χ4n) is 1.54. The first-order valence-electron chi connectivity index (χ1n) is 4.10. The quantitative estimate of drug-likeness (QED) is 0.518. The minimum Gasteiger partial charge on any atom is -0.298 e. The third-order valence-corrected chi connectivity index (χ3v) is 2.41. The van der Waals surface area contributed by atoms with Crippen LogP contribution in [0.3, 0.4) is 0 Å². The van der Waals surface area contributed by atoms with Crippen molar-refractivity contribution in [2.75, 3.05) is 26.2 Å². The van der Waals surface area contributed by atoms with Gasteiger partial charge in [-0.15, -0.1) is 0 Å². The van der Waals surface area contributed by atoms with Crippen LogP contribution in [0.1, 0.15) is 12.8 Å². The third-order valence-electron chi connectivity index (χ3n) is 2.41. The zero-order chi connectivity index (χ0) is 6.97. The molecule has 1 saturated carbocycles. The van der Waals surface area contributed by atoms with Gasteiger partial charge in [0.25, 0.3) is 0 Å². The molecule has 1 aliphatic heterocycles. The maximum absolute atomic E-state index is 5.62. The van der Waals surface area contributed by atoms with Gasteiger partial charge in [-0.3, -0.25) is 9.80 Å². The van der Waals surface area contributed by atoms with Crippen molar-refractivity contribution in [3.05, 3.63) is 7.05 Å². The average molecular weight is 138 g/mol. The van der Waals surface area contributed by atoms with Crippen molar-refractivity contribution >= 4 is 0 Å². The highest BCUT2D eigenvalue weighted by molar-refractivity contribution is 4.87.